The van der Waals surface area contributed by atoms with Crippen molar-refractivity contribution in [2.45, 2.75) is 20.4 Å². The van der Waals surface area contributed by atoms with E-state index in [1.165, 1.54) is 0 Å². The van der Waals surface area contributed by atoms with Gasteiger partial charge in [0.25, 0.3) is 0 Å². The lowest BCUT2D eigenvalue weighted by molar-refractivity contribution is 0.522. The van der Waals surface area contributed by atoms with E-state index < -0.39 is 11.3 Å². The first-order valence-corrected chi connectivity index (χ1v) is 8.98. The molecular weight excluding hydrogens is 368 g/mol. The lowest BCUT2D eigenvalue weighted by Gasteiger charge is -2.13. The highest BCUT2D eigenvalue weighted by molar-refractivity contribution is 7.77. The zero-order valence-electron chi connectivity index (χ0n) is 14.6. The molecule has 0 radical (unpaired) electrons. The van der Waals surface area contributed by atoms with Crippen molar-refractivity contribution in [1.29, 1.82) is 0 Å². The van der Waals surface area contributed by atoms with Gasteiger partial charge in [-0.2, -0.15) is 9.97 Å². The molecule has 11 heteroatoms. The van der Waals surface area contributed by atoms with Crippen LogP contribution in [0.3, 0.4) is 0 Å². The Morgan fingerprint density at radius 3 is 2.78 bits per heavy atom. The van der Waals surface area contributed by atoms with Crippen LogP contribution in [0.2, 0.25) is 0 Å². The molecule has 0 amide bonds. The van der Waals surface area contributed by atoms with E-state index in [0.717, 1.165) is 11.3 Å². The van der Waals surface area contributed by atoms with Gasteiger partial charge in [0.05, 0.1) is 17.4 Å². The third kappa shape index (κ3) is 4.78. The molecule has 0 aliphatic heterocycles. The van der Waals surface area contributed by atoms with Gasteiger partial charge < -0.3 is 15.6 Å². The fourth-order valence-corrected chi connectivity index (χ4v) is 2.68. The Hall–Kier alpha value is -3.02. The number of nitrogen functional groups attached to an aromatic ring is 1. The van der Waals surface area contributed by atoms with Gasteiger partial charge in [-0.25, -0.2) is 14.7 Å². The van der Waals surface area contributed by atoms with Crippen molar-refractivity contribution in [3.8, 4) is 11.4 Å². The molecule has 1 unspecified atom stereocenters. The number of pyridine rings is 2. The number of rotatable bonds is 6. The largest absolute Gasteiger partial charge is 0.760 e. The summed E-state index contributed by atoms with van der Waals surface area (Å²) in [6.45, 7) is 3.67. The molecule has 3 heterocycles. The average molecular weight is 385 g/mol. The second-order valence-corrected chi connectivity index (χ2v) is 6.37. The summed E-state index contributed by atoms with van der Waals surface area (Å²) >= 11 is -2.35. The Morgan fingerprint density at radius 2 is 2.04 bits per heavy atom. The summed E-state index contributed by atoms with van der Waals surface area (Å²) < 4.78 is 23.8. The van der Waals surface area contributed by atoms with E-state index in [-0.39, 0.29) is 12.5 Å². The quantitative estimate of drug-likeness (QED) is 0.530. The van der Waals surface area contributed by atoms with Crippen LogP contribution in [0.15, 0.2) is 30.6 Å². The molecule has 27 heavy (non-hydrogen) atoms. The first kappa shape index (κ1) is 18.8. The molecule has 0 saturated carbocycles. The second-order valence-electron chi connectivity index (χ2n) is 5.61. The number of nitrogens with two attached hydrogens (primary N) is 1. The van der Waals surface area contributed by atoms with Crippen LogP contribution in [0, 0.1) is 13.8 Å². The van der Waals surface area contributed by atoms with Gasteiger partial charge in [-0.15, -0.1) is 0 Å². The lowest BCUT2D eigenvalue weighted by atomic mass is 10.2. The highest BCUT2D eigenvalue weighted by Gasteiger charge is 2.12. The highest BCUT2D eigenvalue weighted by atomic mass is 32.2. The molecule has 140 valence electrons. The summed E-state index contributed by atoms with van der Waals surface area (Å²) in [5, 5.41) is 3.17. The van der Waals surface area contributed by atoms with Gasteiger partial charge in [-0.3, -0.25) is 9.19 Å². The monoisotopic (exact) mass is 385 g/mol. The Balaban J connectivity index is 1.93. The van der Waals surface area contributed by atoms with Gasteiger partial charge in [-0.05, 0) is 37.6 Å². The molecule has 0 aromatic carbocycles. The first-order chi connectivity index (χ1) is 12.9. The first-order valence-electron chi connectivity index (χ1n) is 7.91. The molecule has 0 fully saturated rings. The van der Waals surface area contributed by atoms with Crippen molar-refractivity contribution in [3.05, 3.63) is 47.7 Å². The van der Waals surface area contributed by atoms with Gasteiger partial charge in [0.2, 0.25) is 5.95 Å². The van der Waals surface area contributed by atoms with Gasteiger partial charge in [0.15, 0.2) is 5.82 Å². The third-order valence-electron chi connectivity index (χ3n) is 3.65. The Bertz CT molecular complexity index is 978. The standard InChI is InChI=1S/C16H18N8O2S/c1-9-11(7-20-27(25)26)6-12(8-19-9)23-14-13(4-3-5-18-14)15-21-10(2)22-16(17)24-15/h3-6,8,20H,7H2,1-2H3,(H,18,23)(H,25,26)(H2,17,21,22,24)/p-1. The second kappa shape index (κ2) is 8.12. The van der Waals surface area contributed by atoms with Crippen LogP contribution < -0.4 is 15.8 Å². The molecule has 10 nitrogen and oxygen atoms in total. The van der Waals surface area contributed by atoms with Crippen molar-refractivity contribution >= 4 is 28.7 Å². The number of hydrogen-bond acceptors (Lipinski definition) is 9. The van der Waals surface area contributed by atoms with Gasteiger partial charge in [0.1, 0.15) is 11.6 Å². The van der Waals surface area contributed by atoms with Crippen LogP contribution in [-0.2, 0) is 17.8 Å². The van der Waals surface area contributed by atoms with Crippen LogP contribution in [-0.4, -0.2) is 33.7 Å². The van der Waals surface area contributed by atoms with E-state index in [4.69, 9.17) is 5.73 Å². The van der Waals surface area contributed by atoms with Crippen molar-refractivity contribution in [2.75, 3.05) is 11.1 Å². The summed E-state index contributed by atoms with van der Waals surface area (Å²) in [7, 11) is 0. The number of nitrogens with zero attached hydrogens (tertiary/aromatic N) is 5. The SMILES string of the molecule is Cc1nc(N)nc(-c2cccnc2Nc2cnc(C)c(CNS(=O)[O-])c2)n1. The van der Waals surface area contributed by atoms with Crippen LogP contribution in [0.4, 0.5) is 17.5 Å². The number of anilines is 3. The third-order valence-corrected chi connectivity index (χ3v) is 4.03. The molecule has 0 saturated heterocycles. The number of aryl methyl sites for hydroxylation is 2. The predicted octanol–water partition coefficient (Wildman–Crippen LogP) is 1.15. The van der Waals surface area contributed by atoms with E-state index in [2.05, 4.69) is 35.0 Å². The molecule has 4 N–H and O–H groups in total. The minimum absolute atomic E-state index is 0.128. The molecular formula is C16H17N8O2S-. The summed E-state index contributed by atoms with van der Waals surface area (Å²) in [5.74, 6) is 1.55. The Labute approximate surface area is 158 Å². The lowest BCUT2D eigenvalue weighted by Crippen LogP contribution is -2.16. The molecule has 3 aromatic rings. The summed E-state index contributed by atoms with van der Waals surface area (Å²) in [5.41, 5.74) is 8.48. The van der Waals surface area contributed by atoms with Crippen molar-refractivity contribution < 1.29 is 8.76 Å². The Morgan fingerprint density at radius 1 is 1.22 bits per heavy atom. The maximum atomic E-state index is 10.7. The minimum atomic E-state index is -2.35. The van der Waals surface area contributed by atoms with E-state index in [0.29, 0.717) is 28.7 Å². The van der Waals surface area contributed by atoms with Crippen molar-refractivity contribution in [2.24, 2.45) is 0 Å². The zero-order chi connectivity index (χ0) is 19.4. The topological polar surface area (TPSA) is 155 Å². The Kier molecular flexibility index (Phi) is 5.64. The van der Waals surface area contributed by atoms with E-state index in [1.54, 1.807) is 38.4 Å². The predicted molar refractivity (Wildman–Crippen MR) is 100 cm³/mol. The number of aromatic nitrogens is 5. The maximum Gasteiger partial charge on any atom is 0.223 e. The summed E-state index contributed by atoms with van der Waals surface area (Å²) in [6.07, 6.45) is 3.27. The fourth-order valence-electron chi connectivity index (χ4n) is 2.41. The summed E-state index contributed by atoms with van der Waals surface area (Å²) in [4.78, 5) is 21.1. The van der Waals surface area contributed by atoms with Gasteiger partial charge in [0, 0.05) is 29.7 Å². The van der Waals surface area contributed by atoms with Crippen molar-refractivity contribution in [1.82, 2.24) is 29.6 Å². The van der Waals surface area contributed by atoms with Crippen molar-refractivity contribution in [3.63, 3.8) is 0 Å². The average Bonchev–Trinajstić information content (AvgIpc) is 2.61. The van der Waals surface area contributed by atoms with Crippen LogP contribution >= 0.6 is 0 Å². The fraction of sp³-hybridized carbons (Fsp3) is 0.188. The molecule has 3 aromatic heterocycles. The molecule has 3 rings (SSSR count). The normalized spacial score (nSPS) is 12.0. The smallest absolute Gasteiger partial charge is 0.223 e. The zero-order valence-corrected chi connectivity index (χ0v) is 15.4. The van der Waals surface area contributed by atoms with Crippen LogP contribution in [0.1, 0.15) is 17.1 Å². The highest BCUT2D eigenvalue weighted by Crippen LogP contribution is 2.26. The number of nitrogens with one attached hydrogen (secondary N) is 2. The van der Waals surface area contributed by atoms with Gasteiger partial charge in [-0.1, -0.05) is 0 Å². The van der Waals surface area contributed by atoms with E-state index in [1.807, 2.05) is 6.07 Å². The van der Waals surface area contributed by atoms with E-state index in [9.17, 15) is 8.76 Å². The summed E-state index contributed by atoms with van der Waals surface area (Å²) in [6, 6.07) is 5.38. The molecule has 0 bridgehead atoms. The van der Waals surface area contributed by atoms with Gasteiger partial charge >= 0.3 is 0 Å². The van der Waals surface area contributed by atoms with Crippen LogP contribution in [0.5, 0.6) is 0 Å². The minimum Gasteiger partial charge on any atom is -0.760 e. The van der Waals surface area contributed by atoms with Crippen LogP contribution in [0.25, 0.3) is 11.4 Å². The molecule has 1 atom stereocenters. The number of hydrogen-bond donors (Lipinski definition) is 3. The molecule has 0 aliphatic carbocycles. The van der Waals surface area contributed by atoms with E-state index >= 15 is 0 Å². The molecule has 0 spiro atoms. The molecule has 0 aliphatic rings. The maximum absolute atomic E-state index is 10.7.